The van der Waals surface area contributed by atoms with E-state index in [1.54, 1.807) is 0 Å². The number of amides is 2. The molecule has 0 spiro atoms. The lowest BCUT2D eigenvalue weighted by Crippen LogP contribution is -2.55. The molecule has 3 aromatic carbocycles. The van der Waals surface area contributed by atoms with Crippen molar-refractivity contribution in [1.82, 2.24) is 10.2 Å². The Bertz CT molecular complexity index is 1150. The highest BCUT2D eigenvalue weighted by Crippen LogP contribution is 2.33. The van der Waals surface area contributed by atoms with Crippen LogP contribution in [0.4, 0.5) is 16.2 Å². The third kappa shape index (κ3) is 6.08. The minimum atomic E-state index is -0.222. The van der Waals surface area contributed by atoms with Crippen LogP contribution in [-0.2, 0) is 6.42 Å². The molecule has 1 aliphatic heterocycles. The Morgan fingerprint density at radius 3 is 2.33 bits per heavy atom. The number of likely N-dealkylation sites (tertiary alicyclic amines) is 1. The smallest absolute Gasteiger partial charge is 0.319 e. The molecule has 3 aromatic rings. The van der Waals surface area contributed by atoms with Crippen LogP contribution in [0, 0.1) is 0 Å². The molecule has 0 unspecified atom stereocenters. The quantitative estimate of drug-likeness (QED) is 0.332. The molecule has 5 heteroatoms. The van der Waals surface area contributed by atoms with E-state index < -0.39 is 0 Å². The van der Waals surface area contributed by atoms with Gasteiger partial charge in [-0.3, -0.25) is 0 Å². The Balaban J connectivity index is 1.54. The van der Waals surface area contributed by atoms with Gasteiger partial charge in [-0.05, 0) is 55.0 Å². The molecule has 2 amide bonds. The SMILES string of the molecule is CCc1cccc(C(C)C)c1NC(=O)NCC1(Nc2ccccc2-c2ccccc2)CCN(C)CC1. The highest BCUT2D eigenvalue weighted by molar-refractivity contribution is 5.91. The molecule has 4 rings (SSSR count). The predicted octanol–water partition coefficient (Wildman–Crippen LogP) is 6.74. The first-order chi connectivity index (χ1) is 17.4. The van der Waals surface area contributed by atoms with E-state index in [0.717, 1.165) is 43.7 Å². The van der Waals surface area contributed by atoms with E-state index in [0.29, 0.717) is 12.5 Å². The van der Waals surface area contributed by atoms with E-state index in [1.165, 1.54) is 22.3 Å². The second kappa shape index (κ2) is 11.6. The number of benzene rings is 3. The Kier molecular flexibility index (Phi) is 8.32. The first-order valence-electron chi connectivity index (χ1n) is 13.2. The van der Waals surface area contributed by atoms with Crippen LogP contribution in [-0.4, -0.2) is 43.2 Å². The highest BCUT2D eigenvalue weighted by atomic mass is 16.2. The maximum absolute atomic E-state index is 13.2. The van der Waals surface area contributed by atoms with Crippen molar-refractivity contribution in [1.29, 1.82) is 0 Å². The first kappa shape index (κ1) is 25.8. The highest BCUT2D eigenvalue weighted by Gasteiger charge is 2.34. The van der Waals surface area contributed by atoms with Gasteiger partial charge in [0.15, 0.2) is 0 Å². The summed E-state index contributed by atoms with van der Waals surface area (Å²) in [6.07, 6.45) is 2.79. The third-order valence-corrected chi connectivity index (χ3v) is 7.37. The zero-order valence-corrected chi connectivity index (χ0v) is 22.1. The molecule has 190 valence electrons. The second-order valence-corrected chi connectivity index (χ2v) is 10.3. The number of nitrogens with one attached hydrogen (secondary N) is 3. The molecule has 1 heterocycles. The Morgan fingerprint density at radius 1 is 0.944 bits per heavy atom. The number of rotatable bonds is 8. The number of piperidine rings is 1. The molecule has 0 saturated carbocycles. The zero-order valence-electron chi connectivity index (χ0n) is 22.1. The Morgan fingerprint density at radius 2 is 1.64 bits per heavy atom. The predicted molar refractivity (Wildman–Crippen MR) is 152 cm³/mol. The fourth-order valence-electron chi connectivity index (χ4n) is 5.10. The van der Waals surface area contributed by atoms with Gasteiger partial charge in [0.2, 0.25) is 0 Å². The van der Waals surface area contributed by atoms with Gasteiger partial charge in [0.05, 0.1) is 5.54 Å². The van der Waals surface area contributed by atoms with Gasteiger partial charge in [-0.15, -0.1) is 0 Å². The van der Waals surface area contributed by atoms with Gasteiger partial charge < -0.3 is 20.9 Å². The van der Waals surface area contributed by atoms with Gasteiger partial charge in [0.1, 0.15) is 0 Å². The van der Waals surface area contributed by atoms with Crippen LogP contribution in [0.3, 0.4) is 0 Å². The van der Waals surface area contributed by atoms with E-state index in [-0.39, 0.29) is 11.6 Å². The zero-order chi connectivity index (χ0) is 25.5. The van der Waals surface area contributed by atoms with Crippen molar-refractivity contribution in [2.45, 2.75) is 51.5 Å². The van der Waals surface area contributed by atoms with Crippen molar-refractivity contribution in [3.8, 4) is 11.1 Å². The maximum atomic E-state index is 13.2. The van der Waals surface area contributed by atoms with Crippen molar-refractivity contribution in [2.24, 2.45) is 0 Å². The van der Waals surface area contributed by atoms with Gasteiger partial charge in [-0.1, -0.05) is 87.5 Å². The molecule has 1 fully saturated rings. The summed E-state index contributed by atoms with van der Waals surface area (Å²) < 4.78 is 0. The van der Waals surface area contributed by atoms with Crippen LogP contribution in [0.2, 0.25) is 0 Å². The number of anilines is 2. The molecule has 0 bridgehead atoms. The minimum Gasteiger partial charge on any atom is -0.377 e. The first-order valence-corrected chi connectivity index (χ1v) is 13.2. The van der Waals surface area contributed by atoms with E-state index in [4.69, 9.17) is 0 Å². The van der Waals surface area contributed by atoms with Gasteiger partial charge in [0.25, 0.3) is 0 Å². The van der Waals surface area contributed by atoms with Gasteiger partial charge in [-0.2, -0.15) is 0 Å². The molecule has 0 radical (unpaired) electrons. The summed E-state index contributed by atoms with van der Waals surface area (Å²) in [6, 6.07) is 25.1. The largest absolute Gasteiger partial charge is 0.377 e. The van der Waals surface area contributed by atoms with Crippen molar-refractivity contribution < 1.29 is 4.79 Å². The molecule has 36 heavy (non-hydrogen) atoms. The average Bonchev–Trinajstić information content (AvgIpc) is 2.90. The summed E-state index contributed by atoms with van der Waals surface area (Å²) in [5.74, 6) is 0.336. The monoisotopic (exact) mass is 484 g/mol. The third-order valence-electron chi connectivity index (χ3n) is 7.37. The lowest BCUT2D eigenvalue weighted by Gasteiger charge is -2.42. The summed E-state index contributed by atoms with van der Waals surface area (Å²) in [6.45, 7) is 8.99. The number of para-hydroxylation sites is 2. The molecule has 0 aromatic heterocycles. The number of carbonyl (C=O) groups is 1. The van der Waals surface area contributed by atoms with Crippen molar-refractivity contribution in [3.63, 3.8) is 0 Å². The Labute approximate surface area is 216 Å². The van der Waals surface area contributed by atoms with Crippen molar-refractivity contribution in [2.75, 3.05) is 37.3 Å². The molecular weight excluding hydrogens is 444 g/mol. The van der Waals surface area contributed by atoms with Crippen LogP contribution in [0.15, 0.2) is 72.8 Å². The fraction of sp³-hybridized carbons (Fsp3) is 0.387. The van der Waals surface area contributed by atoms with Crippen LogP contribution in [0.5, 0.6) is 0 Å². The van der Waals surface area contributed by atoms with Crippen LogP contribution < -0.4 is 16.0 Å². The molecule has 3 N–H and O–H groups in total. The number of carbonyl (C=O) groups excluding carboxylic acids is 1. The Hall–Kier alpha value is -3.31. The maximum Gasteiger partial charge on any atom is 0.319 e. The molecule has 0 aliphatic carbocycles. The summed E-state index contributed by atoms with van der Waals surface area (Å²) in [5, 5.41) is 10.3. The lowest BCUT2D eigenvalue weighted by atomic mass is 9.86. The number of hydrogen-bond donors (Lipinski definition) is 3. The van der Waals surface area contributed by atoms with Gasteiger partial charge in [0, 0.05) is 36.6 Å². The molecule has 1 aliphatic rings. The summed E-state index contributed by atoms with van der Waals surface area (Å²) in [4.78, 5) is 15.5. The van der Waals surface area contributed by atoms with E-state index in [2.05, 4.69) is 115 Å². The molecule has 0 atom stereocenters. The average molecular weight is 485 g/mol. The van der Waals surface area contributed by atoms with E-state index >= 15 is 0 Å². The normalized spacial score (nSPS) is 15.5. The minimum absolute atomic E-state index is 0.144. The fourth-order valence-corrected chi connectivity index (χ4v) is 5.10. The van der Waals surface area contributed by atoms with Crippen LogP contribution in [0.25, 0.3) is 11.1 Å². The van der Waals surface area contributed by atoms with Crippen molar-refractivity contribution in [3.05, 3.63) is 83.9 Å². The lowest BCUT2D eigenvalue weighted by molar-refractivity contribution is 0.200. The molecule has 1 saturated heterocycles. The second-order valence-electron chi connectivity index (χ2n) is 10.3. The van der Waals surface area contributed by atoms with E-state index in [1.807, 2.05) is 6.07 Å². The molecular formula is C31H40N4O. The summed E-state index contributed by atoms with van der Waals surface area (Å²) in [7, 11) is 2.16. The topological polar surface area (TPSA) is 56.4 Å². The number of aryl methyl sites for hydroxylation is 1. The number of urea groups is 1. The van der Waals surface area contributed by atoms with Crippen LogP contribution in [0.1, 0.15) is 50.7 Å². The van der Waals surface area contributed by atoms with Gasteiger partial charge >= 0.3 is 6.03 Å². The van der Waals surface area contributed by atoms with Gasteiger partial charge in [-0.25, -0.2) is 4.79 Å². The number of hydrogen-bond acceptors (Lipinski definition) is 3. The molecule has 5 nitrogen and oxygen atoms in total. The van der Waals surface area contributed by atoms with E-state index in [9.17, 15) is 4.79 Å². The number of nitrogens with zero attached hydrogens (tertiary/aromatic N) is 1. The standard InChI is InChI=1S/C31H40N4O/c1-5-24-14-11-16-26(23(2)3)29(24)33-30(36)32-22-31(18-20-35(4)21-19-31)34-28-17-10-9-15-27(28)25-12-7-6-8-13-25/h6-17,23,34H,5,18-22H2,1-4H3,(H2,32,33,36). The van der Waals surface area contributed by atoms with Crippen molar-refractivity contribution >= 4 is 17.4 Å². The summed E-state index contributed by atoms with van der Waals surface area (Å²) >= 11 is 0. The summed E-state index contributed by atoms with van der Waals surface area (Å²) in [5.41, 5.74) is 6.54. The van der Waals surface area contributed by atoms with Crippen LogP contribution >= 0.6 is 0 Å².